The zero-order valence-electron chi connectivity index (χ0n) is 9.89. The number of carbonyl (C=O) groups excluding carboxylic acids is 1. The van der Waals surface area contributed by atoms with E-state index in [0.29, 0.717) is 13.1 Å². The van der Waals surface area contributed by atoms with Crippen LogP contribution >= 0.6 is 0 Å². The number of nitrogens with one attached hydrogen (secondary N) is 1. The smallest absolute Gasteiger partial charge is 0.339 e. The summed E-state index contributed by atoms with van der Waals surface area (Å²) < 4.78 is 35.6. The van der Waals surface area contributed by atoms with Gasteiger partial charge in [-0.1, -0.05) is 6.92 Å². The van der Waals surface area contributed by atoms with E-state index in [1.54, 1.807) is 4.90 Å². The largest absolute Gasteiger partial charge is 0.401 e. The maximum Gasteiger partial charge on any atom is 0.401 e. The lowest BCUT2D eigenvalue weighted by molar-refractivity contribution is -0.135. The van der Waals surface area contributed by atoms with Gasteiger partial charge in [0.1, 0.15) is 0 Å². The Hall–Kier alpha value is -0.820. The van der Waals surface area contributed by atoms with Crippen molar-refractivity contribution in [3.05, 3.63) is 0 Å². The van der Waals surface area contributed by atoms with E-state index in [1.807, 2.05) is 6.92 Å². The van der Waals surface area contributed by atoms with Crippen LogP contribution in [0.15, 0.2) is 0 Å². The molecule has 0 unspecified atom stereocenters. The third-order valence-corrected chi connectivity index (χ3v) is 2.77. The predicted octanol–water partition coefficient (Wildman–Crippen LogP) is 0.302. The molecule has 1 rings (SSSR count). The quantitative estimate of drug-likeness (QED) is 0.783. The van der Waals surface area contributed by atoms with Crippen molar-refractivity contribution < 1.29 is 18.0 Å². The van der Waals surface area contributed by atoms with Crippen molar-refractivity contribution in [2.75, 3.05) is 45.8 Å². The molecule has 0 bridgehead atoms. The fourth-order valence-corrected chi connectivity index (χ4v) is 1.74. The third-order valence-electron chi connectivity index (χ3n) is 2.77. The van der Waals surface area contributed by atoms with E-state index in [1.165, 1.54) is 0 Å². The Kier molecular flexibility index (Phi) is 5.20. The molecule has 1 N–H and O–H groups in total. The van der Waals surface area contributed by atoms with Gasteiger partial charge in [0.25, 0.3) is 0 Å². The molecule has 1 heterocycles. The molecule has 100 valence electrons. The number of carbonyl (C=O) groups is 1. The van der Waals surface area contributed by atoms with Gasteiger partial charge in [-0.15, -0.1) is 0 Å². The number of hydrogen-bond donors (Lipinski definition) is 1. The molecule has 0 spiro atoms. The molecule has 0 aromatic carbocycles. The van der Waals surface area contributed by atoms with Gasteiger partial charge in [-0.25, -0.2) is 0 Å². The van der Waals surface area contributed by atoms with Crippen LogP contribution in [0, 0.1) is 0 Å². The van der Waals surface area contributed by atoms with Crippen molar-refractivity contribution >= 4 is 5.91 Å². The van der Waals surface area contributed by atoms with E-state index in [4.69, 9.17) is 0 Å². The van der Waals surface area contributed by atoms with Crippen LogP contribution in [-0.4, -0.2) is 67.7 Å². The van der Waals surface area contributed by atoms with Gasteiger partial charge in [-0.05, 0) is 6.54 Å². The molecular formula is C10H18F3N3O. The molecule has 0 radical (unpaired) electrons. The number of amides is 1. The van der Waals surface area contributed by atoms with Crippen molar-refractivity contribution in [1.82, 2.24) is 15.1 Å². The summed E-state index contributed by atoms with van der Waals surface area (Å²) in [6.07, 6.45) is -4.26. The fraction of sp³-hybridized carbons (Fsp3) is 0.900. The molecule has 1 amide bonds. The minimum atomic E-state index is -4.26. The summed E-state index contributed by atoms with van der Waals surface area (Å²) in [7, 11) is 0. The van der Waals surface area contributed by atoms with E-state index >= 15 is 0 Å². The highest BCUT2D eigenvalue weighted by molar-refractivity contribution is 5.78. The second-order valence-electron chi connectivity index (χ2n) is 4.03. The molecule has 0 aromatic heterocycles. The zero-order chi connectivity index (χ0) is 12.9. The number of likely N-dealkylation sites (N-methyl/N-ethyl adjacent to an activating group) is 1. The normalized spacial score (nSPS) is 18.5. The molecule has 1 aliphatic heterocycles. The number of hydrogen-bond acceptors (Lipinski definition) is 3. The molecule has 1 saturated heterocycles. The SMILES string of the molecule is CCN1CCN(C(=O)CNCC(F)(F)F)CC1. The second kappa shape index (κ2) is 6.20. The van der Waals surface area contributed by atoms with Crippen molar-refractivity contribution in [2.45, 2.75) is 13.1 Å². The van der Waals surface area contributed by atoms with Crippen LogP contribution in [0.4, 0.5) is 13.2 Å². The van der Waals surface area contributed by atoms with Crippen molar-refractivity contribution in [3.63, 3.8) is 0 Å². The number of rotatable bonds is 4. The average molecular weight is 253 g/mol. The van der Waals surface area contributed by atoms with Gasteiger partial charge in [0, 0.05) is 26.2 Å². The molecule has 4 nitrogen and oxygen atoms in total. The van der Waals surface area contributed by atoms with Gasteiger partial charge in [-0.3, -0.25) is 4.79 Å². The van der Waals surface area contributed by atoms with E-state index in [9.17, 15) is 18.0 Å². The van der Waals surface area contributed by atoms with Gasteiger partial charge in [0.15, 0.2) is 0 Å². The molecule has 0 saturated carbocycles. The van der Waals surface area contributed by atoms with Crippen LogP contribution in [0.1, 0.15) is 6.92 Å². The minimum absolute atomic E-state index is 0.244. The highest BCUT2D eigenvalue weighted by Gasteiger charge is 2.27. The maximum absolute atomic E-state index is 11.9. The number of halogens is 3. The predicted molar refractivity (Wildman–Crippen MR) is 57.6 cm³/mol. The first-order valence-electron chi connectivity index (χ1n) is 5.70. The lowest BCUT2D eigenvalue weighted by Crippen LogP contribution is -2.51. The van der Waals surface area contributed by atoms with Crippen LogP contribution in [0.3, 0.4) is 0 Å². The summed E-state index contributed by atoms with van der Waals surface area (Å²) in [5.41, 5.74) is 0. The minimum Gasteiger partial charge on any atom is -0.339 e. The first kappa shape index (κ1) is 14.2. The number of piperazine rings is 1. The molecule has 0 atom stereocenters. The molecule has 0 aliphatic carbocycles. The van der Waals surface area contributed by atoms with Crippen LogP contribution in [0.25, 0.3) is 0 Å². The molecule has 1 aliphatic rings. The molecule has 17 heavy (non-hydrogen) atoms. The fourth-order valence-electron chi connectivity index (χ4n) is 1.74. The van der Waals surface area contributed by atoms with Crippen LogP contribution < -0.4 is 5.32 Å². The summed E-state index contributed by atoms with van der Waals surface area (Å²) in [4.78, 5) is 15.4. The molecular weight excluding hydrogens is 235 g/mol. The highest BCUT2D eigenvalue weighted by atomic mass is 19.4. The van der Waals surface area contributed by atoms with Gasteiger partial charge in [-0.2, -0.15) is 13.2 Å². The topological polar surface area (TPSA) is 35.6 Å². The molecule has 1 fully saturated rings. The highest BCUT2D eigenvalue weighted by Crippen LogP contribution is 2.12. The Labute approximate surface area is 98.7 Å². The number of nitrogens with zero attached hydrogens (tertiary/aromatic N) is 2. The Morgan fingerprint density at radius 1 is 1.24 bits per heavy atom. The first-order chi connectivity index (χ1) is 7.92. The lowest BCUT2D eigenvalue weighted by Gasteiger charge is -2.34. The third kappa shape index (κ3) is 5.36. The zero-order valence-corrected chi connectivity index (χ0v) is 9.89. The maximum atomic E-state index is 11.9. The summed E-state index contributed by atoms with van der Waals surface area (Å²) in [6.45, 7) is 4.40. The van der Waals surface area contributed by atoms with Gasteiger partial charge < -0.3 is 15.1 Å². The second-order valence-corrected chi connectivity index (χ2v) is 4.03. The van der Waals surface area contributed by atoms with E-state index in [2.05, 4.69) is 10.2 Å². The van der Waals surface area contributed by atoms with Crippen LogP contribution in [-0.2, 0) is 4.79 Å². The standard InChI is InChI=1S/C10H18F3N3O/c1-2-15-3-5-16(6-4-15)9(17)7-14-8-10(11,12)13/h14H,2-8H2,1H3. The monoisotopic (exact) mass is 253 g/mol. The first-order valence-corrected chi connectivity index (χ1v) is 5.70. The summed E-state index contributed by atoms with van der Waals surface area (Å²) >= 11 is 0. The van der Waals surface area contributed by atoms with Crippen molar-refractivity contribution in [1.29, 1.82) is 0 Å². The molecule has 7 heteroatoms. The van der Waals surface area contributed by atoms with E-state index < -0.39 is 12.7 Å². The van der Waals surface area contributed by atoms with E-state index in [-0.39, 0.29) is 12.5 Å². The average Bonchev–Trinajstić information content (AvgIpc) is 2.27. The van der Waals surface area contributed by atoms with Gasteiger partial charge in [0.05, 0.1) is 13.1 Å². The van der Waals surface area contributed by atoms with Crippen molar-refractivity contribution in [3.8, 4) is 0 Å². The summed E-state index contributed by atoms with van der Waals surface area (Å²) in [5.74, 6) is -0.259. The Bertz CT molecular complexity index is 250. The van der Waals surface area contributed by atoms with Crippen molar-refractivity contribution in [2.24, 2.45) is 0 Å². The van der Waals surface area contributed by atoms with Crippen LogP contribution in [0.5, 0.6) is 0 Å². The summed E-state index contributed by atoms with van der Waals surface area (Å²) in [6, 6.07) is 0. The Morgan fingerprint density at radius 2 is 1.82 bits per heavy atom. The lowest BCUT2D eigenvalue weighted by atomic mass is 10.3. The summed E-state index contributed by atoms with van der Waals surface area (Å²) in [5, 5.41) is 2.12. The van der Waals surface area contributed by atoms with E-state index in [0.717, 1.165) is 19.6 Å². The number of alkyl halides is 3. The Morgan fingerprint density at radius 3 is 2.29 bits per heavy atom. The Balaban J connectivity index is 2.21. The van der Waals surface area contributed by atoms with Crippen LogP contribution in [0.2, 0.25) is 0 Å². The molecule has 0 aromatic rings. The van der Waals surface area contributed by atoms with Gasteiger partial charge >= 0.3 is 6.18 Å². The van der Waals surface area contributed by atoms with Gasteiger partial charge in [0.2, 0.25) is 5.91 Å².